The summed E-state index contributed by atoms with van der Waals surface area (Å²) < 4.78 is 5.56. The minimum Gasteiger partial charge on any atom is -0.480 e. The highest BCUT2D eigenvalue weighted by atomic mass is 35.5. The van der Waals surface area contributed by atoms with Crippen LogP contribution in [0.25, 0.3) is 22.4 Å². The molecule has 0 bridgehead atoms. The number of likely N-dealkylation sites (tertiary alicyclic amines) is 1. The van der Waals surface area contributed by atoms with E-state index in [4.69, 9.17) is 32.9 Å². The number of halogens is 2. The quantitative estimate of drug-likeness (QED) is 0.496. The Morgan fingerprint density at radius 1 is 1.12 bits per heavy atom. The van der Waals surface area contributed by atoms with E-state index in [0.717, 1.165) is 47.5 Å². The van der Waals surface area contributed by atoms with Crippen LogP contribution in [-0.4, -0.2) is 53.3 Å². The minimum absolute atomic E-state index is 0.146. The van der Waals surface area contributed by atoms with E-state index in [9.17, 15) is 5.11 Å². The third kappa shape index (κ3) is 4.41. The van der Waals surface area contributed by atoms with Gasteiger partial charge >= 0.3 is 0 Å². The normalized spacial score (nSPS) is 16.3. The first-order valence-corrected chi connectivity index (χ1v) is 11.3. The van der Waals surface area contributed by atoms with Gasteiger partial charge in [0.05, 0.1) is 41.3 Å². The molecule has 6 nitrogen and oxygen atoms in total. The molecule has 32 heavy (non-hydrogen) atoms. The molecule has 1 atom stereocenters. The summed E-state index contributed by atoms with van der Waals surface area (Å²) in [5.74, 6) is 0.461. The van der Waals surface area contributed by atoms with Gasteiger partial charge in [0.2, 0.25) is 5.88 Å². The van der Waals surface area contributed by atoms with E-state index in [0.29, 0.717) is 28.2 Å². The lowest BCUT2D eigenvalue weighted by atomic mass is 10.0. The first-order chi connectivity index (χ1) is 15.6. The molecule has 1 aliphatic heterocycles. The Bertz CT molecular complexity index is 1110. The van der Waals surface area contributed by atoms with Crippen LogP contribution in [0, 0.1) is 0 Å². The second-order valence-corrected chi connectivity index (χ2v) is 8.50. The molecule has 0 aliphatic carbocycles. The molecule has 1 unspecified atom stereocenters. The number of rotatable bonds is 7. The van der Waals surface area contributed by atoms with Crippen molar-refractivity contribution in [1.82, 2.24) is 14.9 Å². The van der Waals surface area contributed by atoms with Gasteiger partial charge in [-0.1, -0.05) is 53.5 Å². The summed E-state index contributed by atoms with van der Waals surface area (Å²) in [7, 11) is 3.42. The Morgan fingerprint density at radius 3 is 2.56 bits per heavy atom. The smallest absolute Gasteiger partial charge is 0.237 e. The van der Waals surface area contributed by atoms with E-state index < -0.39 is 0 Å². The van der Waals surface area contributed by atoms with E-state index in [1.165, 1.54) is 0 Å². The third-order valence-corrected chi connectivity index (χ3v) is 6.71. The average molecular weight is 473 g/mol. The Balaban J connectivity index is 1.69. The molecule has 2 heterocycles. The summed E-state index contributed by atoms with van der Waals surface area (Å²) in [5, 5.41) is 13.9. The average Bonchev–Trinajstić information content (AvgIpc) is 3.27. The number of hydrogen-bond donors (Lipinski definition) is 2. The van der Waals surface area contributed by atoms with E-state index in [1.807, 2.05) is 43.4 Å². The van der Waals surface area contributed by atoms with Crippen molar-refractivity contribution in [3.8, 4) is 28.3 Å². The molecule has 0 radical (unpaired) electrons. The van der Waals surface area contributed by atoms with Crippen molar-refractivity contribution in [2.24, 2.45) is 0 Å². The molecule has 1 saturated heterocycles. The lowest BCUT2D eigenvalue weighted by Crippen LogP contribution is -2.32. The highest BCUT2D eigenvalue weighted by molar-refractivity contribution is 6.39. The van der Waals surface area contributed by atoms with E-state index in [1.54, 1.807) is 13.3 Å². The summed E-state index contributed by atoms with van der Waals surface area (Å²) in [6.45, 7) is 1.66. The second kappa shape index (κ2) is 10.0. The van der Waals surface area contributed by atoms with E-state index >= 15 is 0 Å². The lowest BCUT2D eigenvalue weighted by molar-refractivity contribution is 0.151. The van der Waals surface area contributed by atoms with E-state index in [-0.39, 0.29) is 12.6 Å². The molecule has 2 N–H and O–H groups in total. The number of ether oxygens (including phenoxy) is 1. The van der Waals surface area contributed by atoms with Gasteiger partial charge in [0.1, 0.15) is 5.69 Å². The fraction of sp³-hybridized carbons (Fsp3) is 0.333. The van der Waals surface area contributed by atoms with Crippen LogP contribution < -0.4 is 10.1 Å². The van der Waals surface area contributed by atoms with Crippen molar-refractivity contribution < 1.29 is 9.84 Å². The standard InChI is InChI=1S/C24H26Cl2N4O2/c1-27-19-10-4-8-17(23(19)26)16-7-3-9-18(22(16)25)20-12-28-21(24(29-20)32-2)13-30-11-5-6-15(30)14-31/h3-4,7-10,12,15,27,31H,5-6,11,13-14H2,1-2H3. The molecule has 0 saturated carbocycles. The number of nitrogens with one attached hydrogen (secondary N) is 1. The van der Waals surface area contributed by atoms with Crippen LogP contribution in [-0.2, 0) is 6.54 Å². The SMILES string of the molecule is CNc1cccc(-c2cccc(-c3cnc(CN4CCCC4CO)c(OC)n3)c2Cl)c1Cl. The van der Waals surface area contributed by atoms with Crippen molar-refractivity contribution in [3.05, 3.63) is 58.3 Å². The molecule has 8 heteroatoms. The molecule has 1 fully saturated rings. The highest BCUT2D eigenvalue weighted by Gasteiger charge is 2.26. The van der Waals surface area contributed by atoms with Gasteiger partial charge in [0.15, 0.2) is 0 Å². The third-order valence-electron chi connectivity index (χ3n) is 5.90. The number of methoxy groups -OCH3 is 1. The monoisotopic (exact) mass is 472 g/mol. The summed E-state index contributed by atoms with van der Waals surface area (Å²) in [6, 6.07) is 11.7. The van der Waals surface area contributed by atoms with Gasteiger partial charge in [0.25, 0.3) is 0 Å². The molecule has 0 amide bonds. The van der Waals surface area contributed by atoms with Gasteiger partial charge in [-0.15, -0.1) is 0 Å². The van der Waals surface area contributed by atoms with Gasteiger partial charge in [-0.2, -0.15) is 0 Å². The molecule has 1 aromatic heterocycles. The first kappa shape index (κ1) is 22.8. The van der Waals surface area contributed by atoms with Crippen molar-refractivity contribution >= 4 is 28.9 Å². The number of anilines is 1. The zero-order valence-electron chi connectivity index (χ0n) is 18.1. The number of aromatic nitrogens is 2. The molecular weight excluding hydrogens is 447 g/mol. The Labute approximate surface area is 198 Å². The highest BCUT2D eigenvalue weighted by Crippen LogP contribution is 2.41. The maximum Gasteiger partial charge on any atom is 0.237 e. The molecule has 2 aromatic carbocycles. The van der Waals surface area contributed by atoms with Crippen molar-refractivity contribution in [3.63, 3.8) is 0 Å². The fourth-order valence-electron chi connectivity index (χ4n) is 4.17. The van der Waals surface area contributed by atoms with Crippen LogP contribution >= 0.6 is 23.2 Å². The molecule has 3 aromatic rings. The van der Waals surface area contributed by atoms with Crippen molar-refractivity contribution in [2.45, 2.75) is 25.4 Å². The van der Waals surface area contributed by atoms with Crippen LogP contribution in [0.3, 0.4) is 0 Å². The number of aliphatic hydroxyl groups is 1. The van der Waals surface area contributed by atoms with Crippen LogP contribution in [0.4, 0.5) is 5.69 Å². The summed E-state index contributed by atoms with van der Waals surface area (Å²) >= 11 is 13.4. The summed E-state index contributed by atoms with van der Waals surface area (Å²) in [5.41, 5.74) is 4.61. The van der Waals surface area contributed by atoms with Crippen LogP contribution in [0.2, 0.25) is 10.0 Å². The Hall–Kier alpha value is -2.38. The Morgan fingerprint density at radius 2 is 1.84 bits per heavy atom. The second-order valence-electron chi connectivity index (χ2n) is 7.74. The van der Waals surface area contributed by atoms with Crippen molar-refractivity contribution in [1.29, 1.82) is 0 Å². The van der Waals surface area contributed by atoms with Gasteiger partial charge in [-0.25, -0.2) is 4.98 Å². The minimum atomic E-state index is 0.146. The van der Waals surface area contributed by atoms with Gasteiger partial charge in [-0.05, 0) is 25.5 Å². The predicted octanol–water partition coefficient (Wildman–Crippen LogP) is 5.12. The lowest BCUT2D eigenvalue weighted by Gasteiger charge is -2.22. The topological polar surface area (TPSA) is 70.5 Å². The zero-order chi connectivity index (χ0) is 22.7. The predicted molar refractivity (Wildman–Crippen MR) is 130 cm³/mol. The molecule has 0 spiro atoms. The first-order valence-electron chi connectivity index (χ1n) is 10.6. The zero-order valence-corrected chi connectivity index (χ0v) is 19.6. The summed E-state index contributed by atoms with van der Waals surface area (Å²) in [6.07, 6.45) is 3.78. The van der Waals surface area contributed by atoms with Gasteiger partial charge in [0, 0.05) is 36.3 Å². The largest absolute Gasteiger partial charge is 0.480 e. The molecule has 4 rings (SSSR count). The van der Waals surface area contributed by atoms with Crippen LogP contribution in [0.15, 0.2) is 42.6 Å². The molecular formula is C24H26Cl2N4O2. The summed E-state index contributed by atoms with van der Waals surface area (Å²) in [4.78, 5) is 11.6. The number of nitrogens with zero attached hydrogens (tertiary/aromatic N) is 3. The van der Waals surface area contributed by atoms with Crippen molar-refractivity contribution in [2.75, 3.05) is 32.6 Å². The van der Waals surface area contributed by atoms with E-state index in [2.05, 4.69) is 15.2 Å². The van der Waals surface area contributed by atoms with Crippen LogP contribution in [0.5, 0.6) is 5.88 Å². The molecule has 1 aliphatic rings. The number of benzene rings is 2. The van der Waals surface area contributed by atoms with Gasteiger partial charge in [-0.3, -0.25) is 9.88 Å². The fourth-order valence-corrected chi connectivity index (χ4v) is 4.82. The maximum atomic E-state index is 9.60. The van der Waals surface area contributed by atoms with Crippen LogP contribution in [0.1, 0.15) is 18.5 Å². The number of hydrogen-bond acceptors (Lipinski definition) is 6. The van der Waals surface area contributed by atoms with Gasteiger partial charge < -0.3 is 15.2 Å². The Kier molecular flexibility index (Phi) is 7.16. The number of aliphatic hydroxyl groups excluding tert-OH is 1. The molecule has 168 valence electrons. The maximum absolute atomic E-state index is 9.60.